The topological polar surface area (TPSA) is 55.8 Å². The molecule has 0 unspecified atom stereocenters. The van der Waals surface area contributed by atoms with Crippen molar-refractivity contribution in [3.8, 4) is 5.75 Å². The summed E-state index contributed by atoms with van der Waals surface area (Å²) in [5.74, 6) is 1.14. The van der Waals surface area contributed by atoms with Gasteiger partial charge in [0.2, 0.25) is 0 Å². The molecule has 1 fully saturated rings. The summed E-state index contributed by atoms with van der Waals surface area (Å²) in [5, 5.41) is 9.60. The van der Waals surface area contributed by atoms with Crippen LogP contribution >= 0.6 is 0 Å². The maximum atomic E-state index is 10.9. The lowest BCUT2D eigenvalue weighted by Crippen LogP contribution is -2.16. The molecule has 1 aromatic carbocycles. The van der Waals surface area contributed by atoms with Gasteiger partial charge in [-0.3, -0.25) is 0 Å². The van der Waals surface area contributed by atoms with E-state index >= 15 is 0 Å². The van der Waals surface area contributed by atoms with Gasteiger partial charge in [-0.15, -0.1) is 0 Å². The van der Waals surface area contributed by atoms with Gasteiger partial charge < -0.3 is 14.6 Å². The van der Waals surface area contributed by atoms with E-state index in [-0.39, 0.29) is 12.1 Å². The van der Waals surface area contributed by atoms with Crippen LogP contribution < -0.4 is 4.74 Å². The van der Waals surface area contributed by atoms with Crippen molar-refractivity contribution in [2.75, 3.05) is 13.2 Å². The highest BCUT2D eigenvalue weighted by molar-refractivity contribution is 5.81. The second kappa shape index (κ2) is 10.9. The maximum absolute atomic E-state index is 10.9. The Morgan fingerprint density at radius 1 is 1.04 bits per heavy atom. The summed E-state index contributed by atoms with van der Waals surface area (Å²) in [4.78, 5) is 10.9. The Kier molecular flexibility index (Phi) is 8.53. The van der Waals surface area contributed by atoms with Gasteiger partial charge in [-0.25, -0.2) is 4.79 Å². The van der Waals surface area contributed by atoms with Gasteiger partial charge in [0.1, 0.15) is 5.75 Å². The third-order valence-electron chi connectivity index (χ3n) is 4.77. The van der Waals surface area contributed by atoms with E-state index in [2.05, 4.69) is 30.8 Å². The van der Waals surface area contributed by atoms with Gasteiger partial charge in [-0.1, -0.05) is 18.7 Å². The molecule has 1 aliphatic carbocycles. The number of carbonyl (C=O) groups is 1. The molecule has 0 saturated heterocycles. The second-order valence-electron chi connectivity index (χ2n) is 6.71. The first kappa shape index (κ1) is 19.5. The molecule has 0 heterocycles. The van der Waals surface area contributed by atoms with Crippen molar-refractivity contribution < 1.29 is 19.4 Å². The quantitative estimate of drug-likeness (QED) is 0.388. The van der Waals surface area contributed by atoms with E-state index in [9.17, 15) is 9.90 Å². The van der Waals surface area contributed by atoms with Crippen LogP contribution in [0.3, 0.4) is 0 Å². The zero-order valence-electron chi connectivity index (χ0n) is 15.0. The first-order valence-corrected chi connectivity index (χ1v) is 9.39. The molecule has 0 amide bonds. The van der Waals surface area contributed by atoms with Crippen molar-refractivity contribution in [1.29, 1.82) is 0 Å². The Morgan fingerprint density at radius 3 is 2.32 bits per heavy atom. The molecule has 1 N–H and O–H groups in total. The zero-order chi connectivity index (χ0) is 17.9. The van der Waals surface area contributed by atoms with Crippen molar-refractivity contribution in [2.24, 2.45) is 0 Å². The first-order chi connectivity index (χ1) is 12.2. The lowest BCUT2D eigenvalue weighted by Gasteiger charge is -2.25. The minimum absolute atomic E-state index is 0.104. The SMILES string of the molecule is C=CC(=O)OCCCCCCOc1ccc(C2CCC(O)CC2)cc1. The van der Waals surface area contributed by atoms with Crippen molar-refractivity contribution in [2.45, 2.75) is 63.4 Å². The highest BCUT2D eigenvalue weighted by Gasteiger charge is 2.20. The summed E-state index contributed by atoms with van der Waals surface area (Å²) in [6.45, 7) is 4.54. The van der Waals surface area contributed by atoms with Gasteiger partial charge in [0, 0.05) is 6.08 Å². The highest BCUT2D eigenvalue weighted by atomic mass is 16.5. The molecule has 1 saturated carbocycles. The standard InChI is InChI=1S/C21H30O4/c1-2-21(23)25-16-6-4-3-5-15-24-20-13-9-18(10-14-20)17-7-11-19(22)12-8-17/h2,9-10,13-14,17,19,22H,1,3-8,11-12,15-16H2. The molecule has 0 aromatic heterocycles. The van der Waals surface area contributed by atoms with Crippen LogP contribution in [0, 0.1) is 0 Å². The second-order valence-corrected chi connectivity index (χ2v) is 6.71. The number of carbonyl (C=O) groups excluding carboxylic acids is 1. The van der Waals surface area contributed by atoms with E-state index in [1.165, 1.54) is 11.6 Å². The molecule has 0 atom stereocenters. The van der Waals surface area contributed by atoms with Gasteiger partial charge in [0.15, 0.2) is 0 Å². The predicted molar refractivity (Wildman–Crippen MR) is 98.8 cm³/mol. The minimum Gasteiger partial charge on any atom is -0.494 e. The average molecular weight is 346 g/mol. The Balaban J connectivity index is 1.56. The monoisotopic (exact) mass is 346 g/mol. The van der Waals surface area contributed by atoms with Crippen molar-refractivity contribution in [1.82, 2.24) is 0 Å². The lowest BCUT2D eigenvalue weighted by atomic mass is 9.83. The normalized spacial score (nSPS) is 20.0. The first-order valence-electron chi connectivity index (χ1n) is 9.39. The smallest absolute Gasteiger partial charge is 0.330 e. The third kappa shape index (κ3) is 7.30. The molecule has 1 aliphatic rings. The lowest BCUT2D eigenvalue weighted by molar-refractivity contribution is -0.137. The molecule has 0 radical (unpaired) electrons. The molecule has 2 rings (SSSR count). The number of ether oxygens (including phenoxy) is 2. The fraction of sp³-hybridized carbons (Fsp3) is 0.571. The molecule has 4 heteroatoms. The van der Waals surface area contributed by atoms with Crippen LogP contribution in [-0.2, 0) is 9.53 Å². The van der Waals surface area contributed by atoms with Gasteiger partial charge in [0.25, 0.3) is 0 Å². The molecular formula is C21H30O4. The fourth-order valence-corrected chi connectivity index (χ4v) is 3.22. The van der Waals surface area contributed by atoms with Crippen LogP contribution in [0.1, 0.15) is 62.8 Å². The Bertz CT molecular complexity index is 515. The van der Waals surface area contributed by atoms with E-state index in [0.29, 0.717) is 19.1 Å². The molecule has 4 nitrogen and oxygen atoms in total. The highest BCUT2D eigenvalue weighted by Crippen LogP contribution is 2.33. The predicted octanol–water partition coefficient (Wildman–Crippen LogP) is 4.37. The van der Waals surface area contributed by atoms with Crippen LogP contribution in [0.25, 0.3) is 0 Å². The van der Waals surface area contributed by atoms with Crippen molar-refractivity contribution >= 4 is 5.97 Å². The van der Waals surface area contributed by atoms with Gasteiger partial charge >= 0.3 is 5.97 Å². The van der Waals surface area contributed by atoms with Crippen LogP contribution in [-0.4, -0.2) is 30.4 Å². The van der Waals surface area contributed by atoms with E-state index in [1.54, 1.807) is 0 Å². The van der Waals surface area contributed by atoms with Crippen molar-refractivity contribution in [3.63, 3.8) is 0 Å². The van der Waals surface area contributed by atoms with Crippen molar-refractivity contribution in [3.05, 3.63) is 42.5 Å². The molecule has 0 bridgehead atoms. The number of unbranched alkanes of at least 4 members (excludes halogenated alkanes) is 3. The Labute approximate surface area is 150 Å². The summed E-state index contributed by atoms with van der Waals surface area (Å²) in [6.07, 6.45) is 9.03. The van der Waals surface area contributed by atoms with E-state index in [0.717, 1.165) is 57.1 Å². The maximum Gasteiger partial charge on any atom is 0.330 e. The number of hydrogen-bond donors (Lipinski definition) is 1. The summed E-state index contributed by atoms with van der Waals surface area (Å²) in [7, 11) is 0. The molecule has 0 spiro atoms. The van der Waals surface area contributed by atoms with Gasteiger partial charge in [0.05, 0.1) is 19.3 Å². The average Bonchev–Trinajstić information content (AvgIpc) is 2.65. The summed E-state index contributed by atoms with van der Waals surface area (Å²) in [5.41, 5.74) is 1.35. The molecule has 25 heavy (non-hydrogen) atoms. The molecule has 1 aromatic rings. The number of hydrogen-bond acceptors (Lipinski definition) is 4. The van der Waals surface area contributed by atoms with E-state index in [1.807, 2.05) is 0 Å². The number of aliphatic hydroxyl groups excluding tert-OH is 1. The van der Waals surface area contributed by atoms with Crippen LogP contribution in [0.15, 0.2) is 36.9 Å². The van der Waals surface area contributed by atoms with Crippen LogP contribution in [0.2, 0.25) is 0 Å². The number of benzene rings is 1. The number of esters is 1. The van der Waals surface area contributed by atoms with Gasteiger partial charge in [-0.05, 0) is 75.0 Å². The number of aliphatic hydroxyl groups is 1. The van der Waals surface area contributed by atoms with Crippen LogP contribution in [0.5, 0.6) is 5.75 Å². The molecule has 0 aliphatic heterocycles. The Hall–Kier alpha value is -1.81. The minimum atomic E-state index is -0.351. The zero-order valence-corrected chi connectivity index (χ0v) is 15.0. The third-order valence-corrected chi connectivity index (χ3v) is 4.77. The summed E-state index contributed by atoms with van der Waals surface area (Å²) in [6, 6.07) is 8.42. The Morgan fingerprint density at radius 2 is 1.68 bits per heavy atom. The van der Waals surface area contributed by atoms with Crippen LogP contribution in [0.4, 0.5) is 0 Å². The fourth-order valence-electron chi connectivity index (χ4n) is 3.22. The summed E-state index contributed by atoms with van der Waals surface area (Å²) < 4.78 is 10.7. The van der Waals surface area contributed by atoms with E-state index < -0.39 is 0 Å². The number of rotatable bonds is 10. The largest absolute Gasteiger partial charge is 0.494 e. The molecule has 138 valence electrons. The van der Waals surface area contributed by atoms with Gasteiger partial charge in [-0.2, -0.15) is 0 Å². The summed E-state index contributed by atoms with van der Waals surface area (Å²) >= 11 is 0. The van der Waals surface area contributed by atoms with E-state index in [4.69, 9.17) is 9.47 Å². The molecular weight excluding hydrogens is 316 g/mol.